The van der Waals surface area contributed by atoms with E-state index in [1.54, 1.807) is 6.92 Å². The van der Waals surface area contributed by atoms with Gasteiger partial charge in [0.2, 0.25) is 5.76 Å². The van der Waals surface area contributed by atoms with E-state index in [9.17, 15) is 14.7 Å². The lowest BCUT2D eigenvalue weighted by molar-refractivity contribution is -0.151. The Morgan fingerprint density at radius 1 is 1.58 bits per heavy atom. The highest BCUT2D eigenvalue weighted by molar-refractivity contribution is 9.10. The third-order valence-electron chi connectivity index (χ3n) is 3.71. The van der Waals surface area contributed by atoms with Crippen molar-refractivity contribution in [3.8, 4) is 0 Å². The third kappa shape index (κ3) is 2.80. The quantitative estimate of drug-likeness (QED) is 0.886. The summed E-state index contributed by atoms with van der Waals surface area (Å²) in [5, 5.41) is 15.7. The van der Waals surface area contributed by atoms with Crippen molar-refractivity contribution in [2.75, 3.05) is 0 Å². The molecule has 0 spiro atoms. The lowest BCUT2D eigenvalue weighted by Gasteiger charge is -2.38. The Kier molecular flexibility index (Phi) is 3.93. The van der Waals surface area contributed by atoms with Crippen LogP contribution in [0.4, 0.5) is 0 Å². The fourth-order valence-electron chi connectivity index (χ4n) is 2.41. The Labute approximate surface area is 118 Å². The number of nitrogens with zero attached hydrogens (tertiary/aromatic N) is 1. The van der Waals surface area contributed by atoms with Crippen molar-refractivity contribution in [3.05, 3.63) is 16.4 Å². The molecule has 0 bridgehead atoms. The largest absolute Gasteiger partial charge is 0.481 e. The van der Waals surface area contributed by atoms with E-state index in [1.807, 2.05) is 0 Å². The van der Waals surface area contributed by atoms with Crippen molar-refractivity contribution < 1.29 is 19.2 Å². The number of rotatable bonds is 3. The lowest BCUT2D eigenvalue weighted by Crippen LogP contribution is -2.52. The van der Waals surface area contributed by atoms with Crippen molar-refractivity contribution >= 4 is 27.8 Å². The number of carbonyl (C=O) groups excluding carboxylic acids is 1. The van der Waals surface area contributed by atoms with Gasteiger partial charge in [-0.1, -0.05) is 18.0 Å². The minimum atomic E-state index is -0.925. The fraction of sp³-hybridized carbons (Fsp3) is 0.583. The summed E-state index contributed by atoms with van der Waals surface area (Å²) < 4.78 is 5.27. The molecule has 1 aromatic rings. The number of carboxylic acid groups (broad SMARTS) is 1. The van der Waals surface area contributed by atoms with E-state index in [-0.39, 0.29) is 5.76 Å². The Bertz CT molecular complexity index is 502. The number of halogens is 1. The second-order valence-electron chi connectivity index (χ2n) is 5.01. The SMILES string of the molecule is CC1(C(=O)O)CCCCC1NC(=O)c1cc(Br)no1. The van der Waals surface area contributed by atoms with Crippen LogP contribution in [-0.4, -0.2) is 28.2 Å². The van der Waals surface area contributed by atoms with Crippen LogP contribution >= 0.6 is 15.9 Å². The molecule has 0 aromatic carbocycles. The molecule has 1 saturated carbocycles. The molecule has 0 aliphatic heterocycles. The molecule has 1 amide bonds. The zero-order chi connectivity index (χ0) is 14.0. The van der Waals surface area contributed by atoms with Crippen LogP contribution in [0.5, 0.6) is 0 Å². The Morgan fingerprint density at radius 3 is 2.89 bits per heavy atom. The molecule has 2 unspecified atom stereocenters. The van der Waals surface area contributed by atoms with Gasteiger partial charge in [0.05, 0.1) is 5.41 Å². The zero-order valence-electron chi connectivity index (χ0n) is 10.5. The standard InChI is InChI=1S/C12H15BrN2O4/c1-12(11(17)18)5-3-2-4-8(12)14-10(16)7-6-9(13)15-19-7/h6,8H,2-5H2,1H3,(H,14,16)(H,17,18). The molecule has 7 heteroatoms. The van der Waals surface area contributed by atoms with Crippen LogP contribution in [0.2, 0.25) is 0 Å². The van der Waals surface area contributed by atoms with Gasteiger partial charge in [0, 0.05) is 12.1 Å². The number of nitrogens with one attached hydrogen (secondary N) is 1. The Balaban J connectivity index is 2.12. The van der Waals surface area contributed by atoms with Gasteiger partial charge in [-0.25, -0.2) is 0 Å². The molecule has 2 N–H and O–H groups in total. The minimum absolute atomic E-state index is 0.0742. The summed E-state index contributed by atoms with van der Waals surface area (Å²) in [4.78, 5) is 23.4. The average molecular weight is 331 g/mol. The first-order valence-corrected chi connectivity index (χ1v) is 6.89. The number of amides is 1. The number of hydrogen-bond acceptors (Lipinski definition) is 4. The maximum atomic E-state index is 12.0. The molecule has 2 atom stereocenters. The van der Waals surface area contributed by atoms with Gasteiger partial charge >= 0.3 is 5.97 Å². The van der Waals surface area contributed by atoms with Crippen LogP contribution in [-0.2, 0) is 4.79 Å². The molecule has 1 aromatic heterocycles. The predicted octanol–water partition coefficient (Wildman–Crippen LogP) is 2.20. The molecule has 104 valence electrons. The highest BCUT2D eigenvalue weighted by Crippen LogP contribution is 2.36. The maximum absolute atomic E-state index is 12.0. The highest BCUT2D eigenvalue weighted by atomic mass is 79.9. The summed E-state index contributed by atoms with van der Waals surface area (Å²) in [6.45, 7) is 1.68. The molecular weight excluding hydrogens is 316 g/mol. The van der Waals surface area contributed by atoms with E-state index < -0.39 is 23.3 Å². The van der Waals surface area contributed by atoms with E-state index in [0.717, 1.165) is 12.8 Å². The topological polar surface area (TPSA) is 92.4 Å². The average Bonchev–Trinajstić information content (AvgIpc) is 2.79. The van der Waals surface area contributed by atoms with Crippen molar-refractivity contribution in [2.24, 2.45) is 5.41 Å². The summed E-state index contributed by atoms with van der Waals surface area (Å²) >= 11 is 3.09. The summed E-state index contributed by atoms with van der Waals surface area (Å²) in [5.41, 5.74) is -0.925. The fourth-order valence-corrected chi connectivity index (χ4v) is 2.69. The summed E-state index contributed by atoms with van der Waals surface area (Å²) in [6, 6.07) is 1.06. The lowest BCUT2D eigenvalue weighted by atomic mass is 9.71. The zero-order valence-corrected chi connectivity index (χ0v) is 12.1. The van der Waals surface area contributed by atoms with E-state index in [2.05, 4.69) is 26.4 Å². The van der Waals surface area contributed by atoms with E-state index >= 15 is 0 Å². The molecule has 1 aliphatic rings. The number of hydrogen-bond donors (Lipinski definition) is 2. The molecule has 19 heavy (non-hydrogen) atoms. The molecule has 2 rings (SSSR count). The molecule has 1 fully saturated rings. The molecule has 1 aliphatic carbocycles. The van der Waals surface area contributed by atoms with E-state index in [0.29, 0.717) is 17.4 Å². The Hall–Kier alpha value is -1.37. The van der Waals surface area contributed by atoms with Crippen molar-refractivity contribution in [2.45, 2.75) is 38.6 Å². The first-order chi connectivity index (χ1) is 8.93. The van der Waals surface area contributed by atoms with Crippen LogP contribution in [0, 0.1) is 5.41 Å². The second-order valence-corrected chi connectivity index (χ2v) is 5.82. The first-order valence-electron chi connectivity index (χ1n) is 6.10. The van der Waals surface area contributed by atoms with Crippen LogP contribution < -0.4 is 5.32 Å². The first kappa shape index (κ1) is 14.0. The van der Waals surface area contributed by atoms with Crippen molar-refractivity contribution in [1.82, 2.24) is 10.5 Å². The second kappa shape index (κ2) is 5.32. The molecule has 0 saturated heterocycles. The van der Waals surface area contributed by atoms with Gasteiger partial charge in [-0.3, -0.25) is 9.59 Å². The van der Waals surface area contributed by atoms with Gasteiger partial charge in [0.15, 0.2) is 0 Å². The van der Waals surface area contributed by atoms with Crippen LogP contribution in [0.3, 0.4) is 0 Å². The smallest absolute Gasteiger partial charge is 0.311 e. The summed E-state index contributed by atoms with van der Waals surface area (Å²) in [6.07, 6.45) is 2.99. The summed E-state index contributed by atoms with van der Waals surface area (Å²) in [7, 11) is 0. The number of aliphatic carboxylic acids is 1. The van der Waals surface area contributed by atoms with Gasteiger partial charge in [-0.2, -0.15) is 0 Å². The molecular formula is C12H15BrN2O4. The van der Waals surface area contributed by atoms with Crippen LogP contribution in [0.1, 0.15) is 43.2 Å². The minimum Gasteiger partial charge on any atom is -0.481 e. The van der Waals surface area contributed by atoms with E-state index in [4.69, 9.17) is 4.52 Å². The summed E-state index contributed by atoms with van der Waals surface area (Å²) in [5.74, 6) is -1.24. The van der Waals surface area contributed by atoms with Gasteiger partial charge in [-0.05, 0) is 35.7 Å². The van der Waals surface area contributed by atoms with Crippen molar-refractivity contribution in [1.29, 1.82) is 0 Å². The number of carboxylic acids is 1. The van der Waals surface area contributed by atoms with Gasteiger partial charge < -0.3 is 14.9 Å². The third-order valence-corrected chi connectivity index (χ3v) is 4.08. The monoisotopic (exact) mass is 330 g/mol. The highest BCUT2D eigenvalue weighted by Gasteiger charge is 2.44. The van der Waals surface area contributed by atoms with Gasteiger partial charge in [0.1, 0.15) is 4.60 Å². The molecule has 1 heterocycles. The normalized spacial score (nSPS) is 26.9. The number of carbonyl (C=O) groups is 2. The van der Waals surface area contributed by atoms with E-state index in [1.165, 1.54) is 6.07 Å². The molecule has 0 radical (unpaired) electrons. The predicted molar refractivity (Wildman–Crippen MR) is 69.7 cm³/mol. The molecule has 6 nitrogen and oxygen atoms in total. The van der Waals surface area contributed by atoms with Crippen molar-refractivity contribution in [3.63, 3.8) is 0 Å². The number of aromatic nitrogens is 1. The van der Waals surface area contributed by atoms with Gasteiger partial charge in [0.25, 0.3) is 5.91 Å². The van der Waals surface area contributed by atoms with Gasteiger partial charge in [-0.15, -0.1) is 0 Å². The van der Waals surface area contributed by atoms with Crippen LogP contribution in [0.25, 0.3) is 0 Å². The maximum Gasteiger partial charge on any atom is 0.311 e. The van der Waals surface area contributed by atoms with Crippen LogP contribution in [0.15, 0.2) is 15.2 Å². The Morgan fingerprint density at radius 2 is 2.32 bits per heavy atom.